The summed E-state index contributed by atoms with van der Waals surface area (Å²) in [5.41, 5.74) is 12.8. The van der Waals surface area contributed by atoms with E-state index >= 15 is 0 Å². The van der Waals surface area contributed by atoms with E-state index in [0.717, 1.165) is 68.3 Å². The fraction of sp³-hybridized carbons (Fsp3) is 0.0149. The predicted octanol–water partition coefficient (Wildman–Crippen LogP) is 19.3. The Balaban J connectivity index is 1.01. The van der Waals surface area contributed by atoms with Crippen LogP contribution in [0.25, 0.3) is 32.3 Å². The molecule has 0 aliphatic carbocycles. The van der Waals surface area contributed by atoms with Crippen molar-refractivity contribution < 1.29 is 0 Å². The van der Waals surface area contributed by atoms with Gasteiger partial charge in [-0.05, 0) is 179 Å². The SMILES string of the molecule is C=C/C=C\C=C(/C)N(c1ccc(N(c2ccc(N(c3ccccc3)c3ccc4ccccc4c3)cc2)c2ccc(N(c3ccccc3)c3ccc4ccccc4c3)cc2)cc1)c1ccc2ccccc2c1. The lowest BCUT2D eigenvalue weighted by Gasteiger charge is -2.30. The highest BCUT2D eigenvalue weighted by Gasteiger charge is 2.20. The summed E-state index contributed by atoms with van der Waals surface area (Å²) in [6, 6.07) is 93.6. The molecule has 0 saturated carbocycles. The maximum absolute atomic E-state index is 3.89. The van der Waals surface area contributed by atoms with Gasteiger partial charge in [-0.25, -0.2) is 0 Å². The van der Waals surface area contributed by atoms with Crippen molar-refractivity contribution in [2.24, 2.45) is 0 Å². The van der Waals surface area contributed by atoms with Crippen LogP contribution in [-0.2, 0) is 0 Å². The van der Waals surface area contributed by atoms with Crippen LogP contribution in [0.1, 0.15) is 6.92 Å². The van der Waals surface area contributed by atoms with Crippen LogP contribution >= 0.6 is 0 Å². The number of hydrogen-bond acceptors (Lipinski definition) is 4. The molecule has 0 heterocycles. The summed E-state index contributed by atoms with van der Waals surface area (Å²) >= 11 is 0. The highest BCUT2D eigenvalue weighted by molar-refractivity contribution is 5.92. The highest BCUT2D eigenvalue weighted by Crippen LogP contribution is 2.43. The first kappa shape index (κ1) is 44.1. The molecule has 11 rings (SSSR count). The van der Waals surface area contributed by atoms with Gasteiger partial charge in [-0.15, -0.1) is 0 Å². The van der Waals surface area contributed by atoms with E-state index in [1.807, 2.05) is 12.2 Å². The van der Waals surface area contributed by atoms with Crippen LogP contribution in [0, 0.1) is 0 Å². The zero-order valence-corrected chi connectivity index (χ0v) is 39.6. The normalized spacial score (nSPS) is 11.5. The molecule has 0 amide bonds. The van der Waals surface area contributed by atoms with Gasteiger partial charge in [0, 0.05) is 68.3 Å². The van der Waals surface area contributed by atoms with Crippen LogP contribution in [0.3, 0.4) is 0 Å². The first-order valence-electron chi connectivity index (χ1n) is 24.1. The molecule has 0 spiro atoms. The molecule has 0 saturated heterocycles. The minimum atomic E-state index is 1.03. The third kappa shape index (κ3) is 9.31. The van der Waals surface area contributed by atoms with E-state index < -0.39 is 0 Å². The minimum Gasteiger partial charge on any atom is -0.314 e. The van der Waals surface area contributed by atoms with Crippen LogP contribution in [0.15, 0.2) is 297 Å². The van der Waals surface area contributed by atoms with Crippen molar-refractivity contribution in [3.63, 3.8) is 0 Å². The zero-order chi connectivity index (χ0) is 47.9. The molecule has 0 unspecified atom stereocenters. The largest absolute Gasteiger partial charge is 0.314 e. The Bertz CT molecular complexity index is 3510. The Morgan fingerprint density at radius 1 is 0.282 bits per heavy atom. The van der Waals surface area contributed by atoms with Gasteiger partial charge in [0.2, 0.25) is 0 Å². The summed E-state index contributed by atoms with van der Waals surface area (Å²) in [6.45, 7) is 6.04. The van der Waals surface area contributed by atoms with Crippen molar-refractivity contribution in [2.75, 3.05) is 19.6 Å². The van der Waals surface area contributed by atoms with Gasteiger partial charge in [0.15, 0.2) is 0 Å². The number of fused-ring (bicyclic) bond motifs is 3. The van der Waals surface area contributed by atoms with Crippen LogP contribution in [0.2, 0.25) is 0 Å². The van der Waals surface area contributed by atoms with E-state index in [4.69, 9.17) is 0 Å². The van der Waals surface area contributed by atoms with Gasteiger partial charge >= 0.3 is 0 Å². The van der Waals surface area contributed by atoms with Crippen LogP contribution < -0.4 is 19.6 Å². The van der Waals surface area contributed by atoms with Crippen molar-refractivity contribution >= 4 is 94.9 Å². The van der Waals surface area contributed by atoms with Crippen molar-refractivity contribution in [1.82, 2.24) is 0 Å². The fourth-order valence-electron chi connectivity index (χ4n) is 9.60. The maximum atomic E-state index is 3.89. The van der Waals surface area contributed by atoms with Crippen molar-refractivity contribution in [2.45, 2.75) is 6.92 Å². The third-order valence-corrected chi connectivity index (χ3v) is 13.0. The number of anilines is 11. The second kappa shape index (κ2) is 20.1. The summed E-state index contributed by atoms with van der Waals surface area (Å²) in [5, 5.41) is 7.23. The molecule has 11 aromatic carbocycles. The number of allylic oxidation sites excluding steroid dienone is 5. The van der Waals surface area contributed by atoms with Gasteiger partial charge < -0.3 is 19.6 Å². The van der Waals surface area contributed by atoms with Gasteiger partial charge in [0.1, 0.15) is 0 Å². The summed E-state index contributed by atoms with van der Waals surface area (Å²) < 4.78 is 0. The smallest absolute Gasteiger partial charge is 0.0468 e. The van der Waals surface area contributed by atoms with Gasteiger partial charge in [-0.1, -0.05) is 152 Å². The molecule has 340 valence electrons. The Hall–Kier alpha value is -9.38. The summed E-state index contributed by atoms with van der Waals surface area (Å²) in [7, 11) is 0. The second-order valence-corrected chi connectivity index (χ2v) is 17.6. The lowest BCUT2D eigenvalue weighted by molar-refractivity contribution is 1.16. The van der Waals surface area contributed by atoms with Crippen molar-refractivity contribution in [3.05, 3.63) is 297 Å². The lowest BCUT2D eigenvalue weighted by Crippen LogP contribution is -2.15. The minimum absolute atomic E-state index is 1.03. The van der Waals surface area contributed by atoms with Crippen LogP contribution in [0.5, 0.6) is 0 Å². The van der Waals surface area contributed by atoms with E-state index in [9.17, 15) is 0 Å². The number of rotatable bonds is 14. The highest BCUT2D eigenvalue weighted by atomic mass is 15.2. The van der Waals surface area contributed by atoms with Crippen molar-refractivity contribution in [1.29, 1.82) is 0 Å². The summed E-state index contributed by atoms with van der Waals surface area (Å²) in [5.74, 6) is 0. The molecule has 0 atom stereocenters. The second-order valence-electron chi connectivity index (χ2n) is 17.6. The molecule has 0 bridgehead atoms. The molecule has 0 aliphatic rings. The number of benzene rings is 11. The van der Waals surface area contributed by atoms with Gasteiger partial charge in [-0.2, -0.15) is 0 Å². The van der Waals surface area contributed by atoms with E-state index in [1.54, 1.807) is 6.08 Å². The van der Waals surface area contributed by atoms with E-state index in [-0.39, 0.29) is 0 Å². The predicted molar refractivity (Wildman–Crippen MR) is 305 cm³/mol. The molecule has 0 aliphatic heterocycles. The first-order valence-corrected chi connectivity index (χ1v) is 24.1. The fourth-order valence-corrected chi connectivity index (χ4v) is 9.60. The molecule has 0 aromatic heterocycles. The average Bonchev–Trinajstić information content (AvgIpc) is 3.43. The molecule has 71 heavy (non-hydrogen) atoms. The molecule has 4 heteroatoms. The molecular weight excluding hydrogens is 861 g/mol. The van der Waals surface area contributed by atoms with Crippen molar-refractivity contribution in [3.8, 4) is 0 Å². The number of nitrogens with zero attached hydrogens (tertiary/aromatic N) is 4. The Morgan fingerprint density at radius 2 is 0.563 bits per heavy atom. The lowest BCUT2D eigenvalue weighted by atomic mass is 10.1. The zero-order valence-electron chi connectivity index (χ0n) is 39.6. The van der Waals surface area contributed by atoms with Gasteiger partial charge in [0.05, 0.1) is 0 Å². The molecule has 0 fully saturated rings. The van der Waals surface area contributed by atoms with Crippen LogP contribution in [-0.4, -0.2) is 0 Å². The van der Waals surface area contributed by atoms with E-state index in [0.29, 0.717) is 0 Å². The quantitative estimate of drug-likeness (QED) is 0.101. The van der Waals surface area contributed by atoms with Crippen LogP contribution in [0.4, 0.5) is 62.6 Å². The maximum Gasteiger partial charge on any atom is 0.0468 e. The molecular formula is C67H52N4. The number of hydrogen-bond donors (Lipinski definition) is 0. The Kier molecular flexibility index (Phi) is 12.5. The number of para-hydroxylation sites is 2. The van der Waals surface area contributed by atoms with Gasteiger partial charge in [-0.3, -0.25) is 0 Å². The topological polar surface area (TPSA) is 13.0 Å². The Labute approximate surface area is 416 Å². The monoisotopic (exact) mass is 912 g/mol. The molecule has 4 nitrogen and oxygen atoms in total. The van der Waals surface area contributed by atoms with E-state index in [2.05, 4.69) is 300 Å². The first-order chi connectivity index (χ1) is 35.1. The Morgan fingerprint density at radius 3 is 0.944 bits per heavy atom. The third-order valence-electron chi connectivity index (χ3n) is 13.0. The van der Waals surface area contributed by atoms with E-state index in [1.165, 1.54) is 32.3 Å². The molecule has 0 N–H and O–H groups in total. The summed E-state index contributed by atoms with van der Waals surface area (Å²) in [6.07, 6.45) is 7.93. The van der Waals surface area contributed by atoms with Gasteiger partial charge in [0.25, 0.3) is 0 Å². The standard InChI is InChI=1S/C67H52N4/c1-3-4-7-18-50(2)68(65-32-29-51-19-12-15-22-54(51)47-65)59-35-37-60(38-36-59)69(61-39-43-63(44-40-61)70(57-25-8-5-9-26-57)66-33-30-52-20-13-16-23-55(52)48-66)62-41-45-64(46-42-62)71(58-27-10-6-11-28-58)67-34-31-53-21-14-17-24-56(53)49-67/h3-49H,1H2,2H3/b7-4-,50-18+. The summed E-state index contributed by atoms with van der Waals surface area (Å²) in [4.78, 5) is 9.32. The average molecular weight is 913 g/mol. The molecule has 0 radical (unpaired) electrons. The molecule has 11 aromatic rings.